The molecule has 0 aliphatic heterocycles. The molecule has 0 spiro atoms. The molecule has 236 valence electrons. The second-order valence-corrected chi connectivity index (χ2v) is 16.4. The fourth-order valence-electron chi connectivity index (χ4n) is 7.39. The van der Waals surface area contributed by atoms with Gasteiger partial charge in [0.15, 0.2) is 13.9 Å². The van der Waals surface area contributed by atoms with Gasteiger partial charge in [-0.3, -0.25) is 0 Å². The van der Waals surface area contributed by atoms with Crippen molar-refractivity contribution in [1.29, 1.82) is 0 Å². The van der Waals surface area contributed by atoms with E-state index in [0.29, 0.717) is 11.5 Å². The Labute approximate surface area is 292 Å². The van der Waals surface area contributed by atoms with Gasteiger partial charge in [0.2, 0.25) is 5.71 Å². The zero-order valence-corrected chi connectivity index (χ0v) is 28.3. The second kappa shape index (κ2) is 12.6. The van der Waals surface area contributed by atoms with Crippen LogP contribution >= 0.6 is 0 Å². The summed E-state index contributed by atoms with van der Waals surface area (Å²) in [5, 5.41) is 7.33. The lowest BCUT2D eigenvalue weighted by molar-refractivity contribution is 0.653. The van der Waals surface area contributed by atoms with Crippen LogP contribution in [0.2, 0.25) is 0 Å². The minimum absolute atomic E-state index is 0.590. The fraction of sp³-hybridized carbons (Fsp3) is 0. The Kier molecular flexibility index (Phi) is 7.49. The number of fused-ring (bicyclic) bond motifs is 3. The molecule has 4 heteroatoms. The number of aromatic nitrogens is 2. The Morgan fingerprint density at radius 2 is 0.860 bits per heavy atom. The maximum absolute atomic E-state index is 6.32. The first kappa shape index (κ1) is 29.8. The van der Waals surface area contributed by atoms with Gasteiger partial charge < -0.3 is 4.42 Å². The maximum atomic E-state index is 6.32. The van der Waals surface area contributed by atoms with Crippen LogP contribution in [-0.4, -0.2) is 18.0 Å². The van der Waals surface area contributed by atoms with E-state index < -0.39 is 8.07 Å². The summed E-state index contributed by atoms with van der Waals surface area (Å²) in [6.45, 7) is 0. The predicted molar refractivity (Wildman–Crippen MR) is 209 cm³/mol. The molecule has 0 aliphatic carbocycles. The largest absolute Gasteiger partial charge is 0.438 e. The lowest BCUT2D eigenvalue weighted by Crippen LogP contribution is -2.74. The molecular formula is C46H32N2OSi. The summed E-state index contributed by atoms with van der Waals surface area (Å²) in [6, 6.07) is 69.2. The van der Waals surface area contributed by atoms with E-state index in [1.807, 2.05) is 36.4 Å². The van der Waals surface area contributed by atoms with Gasteiger partial charge in [-0.25, -0.2) is 4.98 Å². The summed E-state index contributed by atoms with van der Waals surface area (Å²) in [6.07, 6.45) is 0. The van der Waals surface area contributed by atoms with E-state index >= 15 is 0 Å². The van der Waals surface area contributed by atoms with Crippen LogP contribution in [0.3, 0.4) is 0 Å². The average molecular weight is 657 g/mol. The Balaban J connectivity index is 1.22. The molecular weight excluding hydrogens is 625 g/mol. The number of benzene rings is 7. The highest BCUT2D eigenvalue weighted by atomic mass is 28.3. The lowest BCUT2D eigenvalue weighted by atomic mass is 10.0. The standard InChI is InChI=1S/C46H32N2OSi/c1-5-17-33(18-6-1)44-43-41-29-13-14-30-42(41)49-46(43)48-45(47-44)36-21-15-19-34(31-36)35-20-16-28-40(32-35)50(37-22-7-2-8-23-37,38-24-9-3-10-25-38)39-26-11-4-12-27-39/h1-32H. The Morgan fingerprint density at radius 1 is 0.380 bits per heavy atom. The second-order valence-electron chi connectivity index (χ2n) is 12.5. The fourth-order valence-corrected chi connectivity index (χ4v) is 12.2. The Hall–Kier alpha value is -6.36. The summed E-state index contributed by atoms with van der Waals surface area (Å²) < 4.78 is 6.32. The number of hydrogen-bond acceptors (Lipinski definition) is 3. The molecule has 9 rings (SSSR count). The molecule has 2 aromatic heterocycles. The molecule has 0 radical (unpaired) electrons. The van der Waals surface area contributed by atoms with Crippen LogP contribution in [0, 0.1) is 0 Å². The number of para-hydroxylation sites is 1. The van der Waals surface area contributed by atoms with Gasteiger partial charge in [0, 0.05) is 16.5 Å². The SMILES string of the molecule is c1ccc(-c2nc(-c3cccc(-c4cccc([Si](c5ccccc5)(c5ccccc5)c5ccccc5)c4)c3)nc3oc4ccccc4c23)cc1. The minimum Gasteiger partial charge on any atom is -0.438 e. The molecule has 0 unspecified atom stereocenters. The summed E-state index contributed by atoms with van der Waals surface area (Å²) >= 11 is 0. The highest BCUT2D eigenvalue weighted by Crippen LogP contribution is 2.36. The molecule has 9 aromatic rings. The van der Waals surface area contributed by atoms with E-state index in [4.69, 9.17) is 14.4 Å². The normalized spacial score (nSPS) is 11.6. The van der Waals surface area contributed by atoms with Gasteiger partial charge in [0.05, 0.1) is 11.1 Å². The van der Waals surface area contributed by atoms with Crippen LogP contribution in [-0.2, 0) is 0 Å². The first-order valence-electron chi connectivity index (χ1n) is 16.9. The number of nitrogens with zero attached hydrogens (tertiary/aromatic N) is 2. The van der Waals surface area contributed by atoms with Gasteiger partial charge >= 0.3 is 0 Å². The summed E-state index contributed by atoms with van der Waals surface area (Å²) in [5.74, 6) is 0.634. The third-order valence-electron chi connectivity index (χ3n) is 9.66. The monoisotopic (exact) mass is 656 g/mol. The van der Waals surface area contributed by atoms with Gasteiger partial charge in [-0.2, -0.15) is 4.98 Å². The lowest BCUT2D eigenvalue weighted by Gasteiger charge is -2.34. The van der Waals surface area contributed by atoms with E-state index in [9.17, 15) is 0 Å². The number of hydrogen-bond donors (Lipinski definition) is 0. The first-order valence-corrected chi connectivity index (χ1v) is 18.9. The molecule has 2 heterocycles. The number of rotatable bonds is 7. The van der Waals surface area contributed by atoms with Crippen molar-refractivity contribution in [3.63, 3.8) is 0 Å². The molecule has 0 saturated carbocycles. The van der Waals surface area contributed by atoms with Crippen molar-refractivity contribution < 1.29 is 4.42 Å². The highest BCUT2D eigenvalue weighted by molar-refractivity contribution is 7.19. The van der Waals surface area contributed by atoms with E-state index in [1.54, 1.807) is 0 Å². The van der Waals surface area contributed by atoms with Crippen molar-refractivity contribution >= 4 is 50.9 Å². The highest BCUT2D eigenvalue weighted by Gasteiger charge is 2.41. The van der Waals surface area contributed by atoms with Crippen molar-refractivity contribution in [1.82, 2.24) is 9.97 Å². The molecule has 0 amide bonds. The van der Waals surface area contributed by atoms with Gasteiger partial charge in [-0.1, -0.05) is 182 Å². The molecule has 3 nitrogen and oxygen atoms in total. The van der Waals surface area contributed by atoms with E-state index in [1.165, 1.54) is 20.7 Å². The van der Waals surface area contributed by atoms with Crippen LogP contribution < -0.4 is 20.7 Å². The topological polar surface area (TPSA) is 38.9 Å². The van der Waals surface area contributed by atoms with Crippen LogP contribution in [0.25, 0.3) is 55.8 Å². The zero-order valence-electron chi connectivity index (χ0n) is 27.3. The summed E-state index contributed by atoms with van der Waals surface area (Å²) in [7, 11) is -2.67. The van der Waals surface area contributed by atoms with Gasteiger partial charge in [-0.05, 0) is 44.0 Å². The molecule has 0 N–H and O–H groups in total. The van der Waals surface area contributed by atoms with E-state index in [0.717, 1.165) is 44.3 Å². The summed E-state index contributed by atoms with van der Waals surface area (Å²) in [5.41, 5.74) is 6.48. The molecule has 50 heavy (non-hydrogen) atoms. The molecule has 0 saturated heterocycles. The average Bonchev–Trinajstić information content (AvgIpc) is 3.58. The van der Waals surface area contributed by atoms with Crippen LogP contribution in [0.5, 0.6) is 0 Å². The van der Waals surface area contributed by atoms with Crippen LogP contribution in [0.15, 0.2) is 199 Å². The van der Waals surface area contributed by atoms with Gasteiger partial charge in [0.25, 0.3) is 0 Å². The molecule has 0 bridgehead atoms. The number of furan rings is 1. The minimum atomic E-state index is -2.67. The molecule has 0 fully saturated rings. The van der Waals surface area contributed by atoms with Crippen LogP contribution in [0.4, 0.5) is 0 Å². The van der Waals surface area contributed by atoms with E-state index in [2.05, 4.69) is 158 Å². The Morgan fingerprint density at radius 3 is 1.50 bits per heavy atom. The molecule has 0 aliphatic rings. The predicted octanol–water partition coefficient (Wildman–Crippen LogP) is 8.75. The molecule has 0 atom stereocenters. The Bertz CT molecular complexity index is 2490. The first-order chi connectivity index (χ1) is 24.8. The van der Waals surface area contributed by atoms with Crippen molar-refractivity contribution in [3.05, 3.63) is 194 Å². The third-order valence-corrected chi connectivity index (χ3v) is 14.4. The van der Waals surface area contributed by atoms with Crippen molar-refractivity contribution in [2.24, 2.45) is 0 Å². The maximum Gasteiger partial charge on any atom is 0.231 e. The van der Waals surface area contributed by atoms with Gasteiger partial charge in [-0.15, -0.1) is 0 Å². The summed E-state index contributed by atoms with van der Waals surface area (Å²) in [4.78, 5) is 10.2. The van der Waals surface area contributed by atoms with Crippen molar-refractivity contribution in [3.8, 4) is 33.8 Å². The van der Waals surface area contributed by atoms with E-state index in [-0.39, 0.29) is 0 Å². The van der Waals surface area contributed by atoms with Crippen molar-refractivity contribution in [2.75, 3.05) is 0 Å². The van der Waals surface area contributed by atoms with Crippen molar-refractivity contribution in [2.45, 2.75) is 0 Å². The zero-order chi connectivity index (χ0) is 33.3. The quantitative estimate of drug-likeness (QED) is 0.127. The van der Waals surface area contributed by atoms with Gasteiger partial charge in [0.1, 0.15) is 5.58 Å². The van der Waals surface area contributed by atoms with Crippen LogP contribution in [0.1, 0.15) is 0 Å². The molecule has 7 aromatic carbocycles. The smallest absolute Gasteiger partial charge is 0.231 e. The third kappa shape index (κ3) is 5.05.